The van der Waals surface area contributed by atoms with Crippen molar-refractivity contribution in [3.05, 3.63) is 65.2 Å². The standard InChI is InChI=1S/C18H17FN2O4S/c1-11-15-9-13(19)5-8-16(15)25-17(11)18(22)21-10-12-3-6-14(7-4-12)26(23,24)20-2/h3-9,20H,10H2,1-2H3,(H,21,22). The quantitative estimate of drug-likeness (QED) is 0.717. The second kappa shape index (κ2) is 6.89. The summed E-state index contributed by atoms with van der Waals surface area (Å²) >= 11 is 0. The van der Waals surface area contributed by atoms with Gasteiger partial charge in [-0.05, 0) is 49.9 Å². The highest BCUT2D eigenvalue weighted by Gasteiger charge is 2.18. The number of furan rings is 1. The molecule has 0 atom stereocenters. The SMILES string of the molecule is CNS(=O)(=O)c1ccc(CNC(=O)c2oc3ccc(F)cc3c2C)cc1. The van der Waals surface area contributed by atoms with E-state index in [2.05, 4.69) is 10.0 Å². The van der Waals surface area contributed by atoms with Crippen LogP contribution in [0.15, 0.2) is 51.8 Å². The first-order valence-corrected chi connectivity index (χ1v) is 9.29. The number of aryl methyl sites for hydroxylation is 1. The predicted octanol–water partition coefficient (Wildman–Crippen LogP) is 2.72. The number of halogens is 1. The zero-order chi connectivity index (χ0) is 18.9. The molecule has 3 aromatic rings. The van der Waals surface area contributed by atoms with E-state index in [0.29, 0.717) is 16.5 Å². The zero-order valence-electron chi connectivity index (χ0n) is 14.2. The van der Waals surface area contributed by atoms with Gasteiger partial charge in [-0.1, -0.05) is 12.1 Å². The van der Waals surface area contributed by atoms with Crippen LogP contribution in [-0.4, -0.2) is 21.4 Å². The van der Waals surface area contributed by atoms with Gasteiger partial charge in [0.25, 0.3) is 5.91 Å². The van der Waals surface area contributed by atoms with Gasteiger partial charge in [-0.15, -0.1) is 0 Å². The molecule has 0 saturated heterocycles. The lowest BCUT2D eigenvalue weighted by molar-refractivity contribution is 0.0924. The highest BCUT2D eigenvalue weighted by atomic mass is 32.2. The Morgan fingerprint density at radius 1 is 1.15 bits per heavy atom. The highest BCUT2D eigenvalue weighted by molar-refractivity contribution is 7.89. The zero-order valence-corrected chi connectivity index (χ0v) is 15.0. The molecule has 0 aliphatic rings. The molecule has 0 aliphatic carbocycles. The van der Waals surface area contributed by atoms with Crippen molar-refractivity contribution in [3.63, 3.8) is 0 Å². The monoisotopic (exact) mass is 376 g/mol. The molecule has 0 saturated carbocycles. The summed E-state index contributed by atoms with van der Waals surface area (Å²) in [5.74, 6) is -0.698. The van der Waals surface area contributed by atoms with Crippen molar-refractivity contribution >= 4 is 26.9 Å². The third kappa shape index (κ3) is 3.47. The van der Waals surface area contributed by atoms with Gasteiger partial charge in [0.1, 0.15) is 11.4 Å². The maximum Gasteiger partial charge on any atom is 0.287 e. The number of nitrogens with one attached hydrogen (secondary N) is 2. The van der Waals surface area contributed by atoms with Gasteiger partial charge in [-0.3, -0.25) is 4.79 Å². The van der Waals surface area contributed by atoms with Crippen molar-refractivity contribution < 1.29 is 22.0 Å². The largest absolute Gasteiger partial charge is 0.451 e. The molecule has 136 valence electrons. The maximum absolute atomic E-state index is 13.3. The van der Waals surface area contributed by atoms with Crippen molar-refractivity contribution in [2.75, 3.05) is 7.05 Å². The van der Waals surface area contributed by atoms with Gasteiger partial charge in [-0.25, -0.2) is 17.5 Å². The van der Waals surface area contributed by atoms with Crippen molar-refractivity contribution in [2.24, 2.45) is 0 Å². The van der Waals surface area contributed by atoms with Crippen molar-refractivity contribution in [3.8, 4) is 0 Å². The third-order valence-corrected chi connectivity index (χ3v) is 5.49. The normalized spacial score (nSPS) is 11.7. The molecule has 2 N–H and O–H groups in total. The minimum Gasteiger partial charge on any atom is -0.451 e. The summed E-state index contributed by atoms with van der Waals surface area (Å²) < 4.78 is 44.5. The van der Waals surface area contributed by atoms with E-state index < -0.39 is 21.7 Å². The summed E-state index contributed by atoms with van der Waals surface area (Å²) in [6.07, 6.45) is 0. The second-order valence-electron chi connectivity index (χ2n) is 5.73. The first-order chi connectivity index (χ1) is 12.3. The molecule has 0 spiro atoms. The van der Waals surface area contributed by atoms with Gasteiger partial charge >= 0.3 is 0 Å². The Morgan fingerprint density at radius 2 is 1.85 bits per heavy atom. The molecule has 6 nitrogen and oxygen atoms in total. The van der Waals surface area contributed by atoms with Crippen LogP contribution in [-0.2, 0) is 16.6 Å². The van der Waals surface area contributed by atoms with Crippen molar-refractivity contribution in [1.82, 2.24) is 10.0 Å². The predicted molar refractivity (Wildman–Crippen MR) is 94.8 cm³/mol. The number of amides is 1. The third-order valence-electron chi connectivity index (χ3n) is 4.06. The fourth-order valence-electron chi connectivity index (χ4n) is 2.58. The molecule has 0 radical (unpaired) electrons. The average Bonchev–Trinajstić information content (AvgIpc) is 2.96. The van der Waals surface area contributed by atoms with E-state index in [-0.39, 0.29) is 17.2 Å². The summed E-state index contributed by atoms with van der Waals surface area (Å²) in [5.41, 5.74) is 1.73. The van der Waals surface area contributed by atoms with E-state index in [9.17, 15) is 17.6 Å². The van der Waals surface area contributed by atoms with Crippen LogP contribution < -0.4 is 10.0 Å². The number of carbonyl (C=O) groups is 1. The van der Waals surface area contributed by atoms with Gasteiger partial charge in [0.05, 0.1) is 4.90 Å². The van der Waals surface area contributed by atoms with Gasteiger partial charge in [-0.2, -0.15) is 0 Å². The second-order valence-corrected chi connectivity index (χ2v) is 7.62. The van der Waals surface area contributed by atoms with Crippen molar-refractivity contribution in [2.45, 2.75) is 18.4 Å². The lowest BCUT2D eigenvalue weighted by Crippen LogP contribution is -2.23. The molecule has 0 bridgehead atoms. The molecule has 1 aromatic heterocycles. The van der Waals surface area contributed by atoms with Crippen LogP contribution in [0.25, 0.3) is 11.0 Å². The molecule has 0 fully saturated rings. The number of benzene rings is 2. The lowest BCUT2D eigenvalue weighted by Gasteiger charge is -2.06. The van der Waals surface area contributed by atoms with Crippen LogP contribution in [0.3, 0.4) is 0 Å². The number of rotatable bonds is 5. The Labute approximate surface area is 150 Å². The number of hydrogen-bond acceptors (Lipinski definition) is 4. The molecule has 3 rings (SSSR count). The van der Waals surface area contributed by atoms with Crippen LogP contribution in [0.4, 0.5) is 4.39 Å². The van der Waals surface area contributed by atoms with E-state index in [4.69, 9.17) is 4.42 Å². The van der Waals surface area contributed by atoms with Crippen molar-refractivity contribution in [1.29, 1.82) is 0 Å². The fraction of sp³-hybridized carbons (Fsp3) is 0.167. The molecular formula is C18H17FN2O4S. The molecule has 0 unspecified atom stereocenters. The Morgan fingerprint density at radius 3 is 2.50 bits per heavy atom. The van der Waals surface area contributed by atoms with Crippen LogP contribution in [0.5, 0.6) is 0 Å². The smallest absolute Gasteiger partial charge is 0.287 e. The maximum atomic E-state index is 13.3. The van der Waals surface area contributed by atoms with E-state index in [1.54, 1.807) is 19.1 Å². The summed E-state index contributed by atoms with van der Waals surface area (Å²) in [6.45, 7) is 1.89. The topological polar surface area (TPSA) is 88.4 Å². The number of sulfonamides is 1. The molecule has 0 aliphatic heterocycles. The number of hydrogen-bond donors (Lipinski definition) is 2. The Balaban J connectivity index is 1.74. The Hall–Kier alpha value is -2.71. The number of carbonyl (C=O) groups excluding carboxylic acids is 1. The first-order valence-electron chi connectivity index (χ1n) is 7.81. The first kappa shape index (κ1) is 18.1. The van der Waals surface area contributed by atoms with Crippen LogP contribution >= 0.6 is 0 Å². The van der Waals surface area contributed by atoms with Gasteiger partial charge < -0.3 is 9.73 Å². The summed E-state index contributed by atoms with van der Waals surface area (Å²) in [4.78, 5) is 12.5. The molecule has 2 aromatic carbocycles. The molecular weight excluding hydrogens is 359 g/mol. The fourth-order valence-corrected chi connectivity index (χ4v) is 3.31. The van der Waals surface area contributed by atoms with Crippen LogP contribution in [0, 0.1) is 12.7 Å². The molecule has 26 heavy (non-hydrogen) atoms. The minimum absolute atomic E-state index is 0.125. The average molecular weight is 376 g/mol. The summed E-state index contributed by atoms with van der Waals surface area (Å²) in [5, 5.41) is 3.26. The van der Waals surface area contributed by atoms with Gasteiger partial charge in [0.15, 0.2) is 5.76 Å². The van der Waals surface area contributed by atoms with E-state index in [0.717, 1.165) is 5.56 Å². The molecule has 1 amide bonds. The van der Waals surface area contributed by atoms with Gasteiger partial charge in [0.2, 0.25) is 10.0 Å². The Kier molecular flexibility index (Phi) is 4.80. The highest BCUT2D eigenvalue weighted by Crippen LogP contribution is 2.26. The van der Waals surface area contributed by atoms with E-state index in [1.165, 1.54) is 37.4 Å². The van der Waals surface area contributed by atoms with Crippen LogP contribution in [0.2, 0.25) is 0 Å². The van der Waals surface area contributed by atoms with Crippen LogP contribution in [0.1, 0.15) is 21.7 Å². The summed E-state index contributed by atoms with van der Waals surface area (Å²) in [7, 11) is -2.16. The summed E-state index contributed by atoms with van der Waals surface area (Å²) in [6, 6.07) is 10.2. The Bertz CT molecular complexity index is 1070. The van der Waals surface area contributed by atoms with E-state index in [1.807, 2.05) is 0 Å². The molecule has 8 heteroatoms. The lowest BCUT2D eigenvalue weighted by atomic mass is 10.1. The van der Waals surface area contributed by atoms with E-state index >= 15 is 0 Å². The number of fused-ring (bicyclic) bond motifs is 1. The van der Waals surface area contributed by atoms with Gasteiger partial charge in [0, 0.05) is 17.5 Å². The minimum atomic E-state index is -3.50. The molecule has 1 heterocycles.